The van der Waals surface area contributed by atoms with Gasteiger partial charge in [0.15, 0.2) is 0 Å². The molecule has 0 aliphatic carbocycles. The topological polar surface area (TPSA) is 137 Å². The second kappa shape index (κ2) is 8.21. The summed E-state index contributed by atoms with van der Waals surface area (Å²) >= 11 is 0. The first-order valence-electron chi connectivity index (χ1n) is 8.41. The molecule has 0 atom stereocenters. The van der Waals surface area contributed by atoms with Gasteiger partial charge in [-0.05, 0) is 30.7 Å². The summed E-state index contributed by atoms with van der Waals surface area (Å²) in [5.74, 6) is -1.17. The zero-order valence-electron chi connectivity index (χ0n) is 15.2. The fourth-order valence-electron chi connectivity index (χ4n) is 2.61. The number of aliphatic carboxylic acids is 1. The van der Waals surface area contributed by atoms with Crippen molar-refractivity contribution in [1.29, 1.82) is 0 Å². The lowest BCUT2D eigenvalue weighted by atomic mass is 10.2. The number of amides is 1. The number of nitrogens with one attached hydrogen (secondary N) is 1. The second-order valence-electron chi connectivity index (χ2n) is 6.11. The molecule has 0 fully saturated rings. The summed E-state index contributed by atoms with van der Waals surface area (Å²) in [5, 5.41) is 26.5. The van der Waals surface area contributed by atoms with Crippen molar-refractivity contribution in [3.05, 3.63) is 76.1 Å². The van der Waals surface area contributed by atoms with Crippen molar-refractivity contribution in [3.63, 3.8) is 0 Å². The fourth-order valence-corrected chi connectivity index (χ4v) is 2.61. The number of benzene rings is 2. The van der Waals surface area contributed by atoms with Gasteiger partial charge in [-0.15, -0.1) is 0 Å². The molecule has 1 amide bonds. The summed E-state index contributed by atoms with van der Waals surface area (Å²) < 4.78 is 6.70. The minimum absolute atomic E-state index is 0.0000543. The van der Waals surface area contributed by atoms with Crippen LogP contribution in [-0.2, 0) is 11.3 Å². The first-order chi connectivity index (χ1) is 13.8. The molecule has 0 radical (unpaired) electrons. The fraction of sp³-hybridized carbons (Fsp3) is 0.105. The van der Waals surface area contributed by atoms with Crippen molar-refractivity contribution < 1.29 is 24.4 Å². The average Bonchev–Trinajstić information content (AvgIpc) is 3.09. The summed E-state index contributed by atoms with van der Waals surface area (Å²) in [7, 11) is 0. The Labute approximate surface area is 164 Å². The maximum atomic E-state index is 12.5. The zero-order chi connectivity index (χ0) is 21.0. The summed E-state index contributed by atoms with van der Waals surface area (Å²) in [6.07, 6.45) is 1.29. The van der Waals surface area contributed by atoms with Crippen molar-refractivity contribution in [3.8, 4) is 11.5 Å². The molecule has 1 aromatic heterocycles. The molecule has 0 aliphatic heterocycles. The van der Waals surface area contributed by atoms with Gasteiger partial charge in [0, 0.05) is 18.3 Å². The lowest BCUT2D eigenvalue weighted by Gasteiger charge is -2.10. The quantitative estimate of drug-likeness (QED) is 0.462. The predicted molar refractivity (Wildman–Crippen MR) is 102 cm³/mol. The number of carbonyl (C=O) groups is 2. The van der Waals surface area contributed by atoms with Crippen LogP contribution in [0.25, 0.3) is 0 Å². The van der Waals surface area contributed by atoms with E-state index in [2.05, 4.69) is 10.4 Å². The minimum atomic E-state index is -1.16. The van der Waals surface area contributed by atoms with E-state index in [0.717, 1.165) is 10.2 Å². The first kappa shape index (κ1) is 19.5. The molecule has 0 aliphatic rings. The Morgan fingerprint density at radius 2 is 2.00 bits per heavy atom. The van der Waals surface area contributed by atoms with Crippen LogP contribution in [0.2, 0.25) is 0 Å². The highest BCUT2D eigenvalue weighted by molar-refractivity contribution is 6.03. The van der Waals surface area contributed by atoms with E-state index in [4.69, 9.17) is 9.84 Å². The van der Waals surface area contributed by atoms with E-state index in [0.29, 0.717) is 5.75 Å². The third-order valence-corrected chi connectivity index (χ3v) is 3.82. The first-order valence-corrected chi connectivity index (χ1v) is 8.41. The summed E-state index contributed by atoms with van der Waals surface area (Å²) in [6.45, 7) is 1.39. The second-order valence-corrected chi connectivity index (χ2v) is 6.11. The molecule has 1 heterocycles. The van der Waals surface area contributed by atoms with Crippen LogP contribution in [0.1, 0.15) is 16.1 Å². The number of nitro benzene ring substituents is 1. The molecule has 3 rings (SSSR count). The number of carboxylic acids is 1. The number of rotatable bonds is 7. The highest BCUT2D eigenvalue weighted by Gasteiger charge is 2.17. The summed E-state index contributed by atoms with van der Waals surface area (Å²) in [5.41, 5.74) is 0.799. The molecular formula is C19H16N4O6. The standard InChI is InChI=1S/C19H16N4O6/c1-12-3-2-4-15(7-12)29-16-9-13(8-14(10-16)23(27)28)21-19(26)17-5-6-20-22(17)11-18(24)25/h2-10H,11H2,1H3,(H,21,26)(H,24,25). The number of hydrogen-bond donors (Lipinski definition) is 2. The Balaban J connectivity index is 1.88. The smallest absolute Gasteiger partial charge is 0.325 e. The molecule has 0 spiro atoms. The van der Waals surface area contributed by atoms with Crippen molar-refractivity contribution in [2.75, 3.05) is 5.32 Å². The molecule has 0 bridgehead atoms. The molecule has 2 N–H and O–H groups in total. The number of ether oxygens (including phenoxy) is 1. The number of nitrogens with zero attached hydrogens (tertiary/aromatic N) is 3. The average molecular weight is 396 g/mol. The molecule has 148 valence electrons. The lowest BCUT2D eigenvalue weighted by molar-refractivity contribution is -0.384. The summed E-state index contributed by atoms with van der Waals surface area (Å²) in [6, 6.07) is 12.3. The van der Waals surface area contributed by atoms with Crippen molar-refractivity contribution in [2.45, 2.75) is 13.5 Å². The highest BCUT2D eigenvalue weighted by atomic mass is 16.6. The third-order valence-electron chi connectivity index (χ3n) is 3.82. The normalized spacial score (nSPS) is 10.4. The number of non-ortho nitro benzene ring substituents is 1. The van der Waals surface area contributed by atoms with Gasteiger partial charge in [-0.1, -0.05) is 12.1 Å². The van der Waals surface area contributed by atoms with Gasteiger partial charge in [-0.2, -0.15) is 5.10 Å². The van der Waals surface area contributed by atoms with Crippen LogP contribution in [0.15, 0.2) is 54.7 Å². The number of anilines is 1. The van der Waals surface area contributed by atoms with E-state index in [1.807, 2.05) is 13.0 Å². The van der Waals surface area contributed by atoms with Gasteiger partial charge in [0.2, 0.25) is 0 Å². The molecule has 0 saturated heterocycles. The van der Waals surface area contributed by atoms with Crippen molar-refractivity contribution in [1.82, 2.24) is 9.78 Å². The largest absolute Gasteiger partial charge is 0.480 e. The molecule has 0 saturated carbocycles. The van der Waals surface area contributed by atoms with Gasteiger partial charge >= 0.3 is 5.97 Å². The summed E-state index contributed by atoms with van der Waals surface area (Å²) in [4.78, 5) is 34.0. The number of carbonyl (C=O) groups excluding carboxylic acids is 1. The number of carboxylic acid groups (broad SMARTS) is 1. The Kier molecular flexibility index (Phi) is 5.54. The number of aryl methyl sites for hydroxylation is 1. The molecule has 2 aromatic carbocycles. The Bertz CT molecular complexity index is 1090. The van der Waals surface area contributed by atoms with Crippen LogP contribution in [0.3, 0.4) is 0 Å². The minimum Gasteiger partial charge on any atom is -0.480 e. The molecule has 3 aromatic rings. The van der Waals surface area contributed by atoms with Gasteiger partial charge in [-0.25, -0.2) is 4.68 Å². The van der Waals surface area contributed by atoms with E-state index in [9.17, 15) is 19.7 Å². The highest BCUT2D eigenvalue weighted by Crippen LogP contribution is 2.30. The SMILES string of the molecule is Cc1cccc(Oc2cc(NC(=O)c3ccnn3CC(=O)O)cc([N+](=O)[O-])c2)c1. The molecule has 10 heteroatoms. The molecule has 10 nitrogen and oxygen atoms in total. The van der Waals surface area contributed by atoms with Crippen LogP contribution in [0.5, 0.6) is 11.5 Å². The maximum Gasteiger partial charge on any atom is 0.325 e. The van der Waals surface area contributed by atoms with Gasteiger partial charge in [0.05, 0.1) is 16.7 Å². The van der Waals surface area contributed by atoms with Crippen LogP contribution in [-0.4, -0.2) is 31.7 Å². The molecular weight excluding hydrogens is 380 g/mol. The Hall–Kier alpha value is -4.21. The van der Waals surface area contributed by atoms with Crippen molar-refractivity contribution >= 4 is 23.3 Å². The van der Waals surface area contributed by atoms with E-state index in [1.54, 1.807) is 18.2 Å². The van der Waals surface area contributed by atoms with E-state index < -0.39 is 23.3 Å². The van der Waals surface area contributed by atoms with Gasteiger partial charge in [-0.3, -0.25) is 19.7 Å². The van der Waals surface area contributed by atoms with Crippen molar-refractivity contribution in [2.24, 2.45) is 0 Å². The van der Waals surface area contributed by atoms with Crippen LogP contribution >= 0.6 is 0 Å². The lowest BCUT2D eigenvalue weighted by Crippen LogP contribution is -2.20. The Morgan fingerprint density at radius 1 is 1.21 bits per heavy atom. The molecule has 0 unspecified atom stereocenters. The van der Waals surface area contributed by atoms with Gasteiger partial charge in [0.1, 0.15) is 23.7 Å². The third kappa shape index (κ3) is 4.95. The predicted octanol–water partition coefficient (Wildman–Crippen LogP) is 3.23. The van der Waals surface area contributed by atoms with E-state index in [-0.39, 0.29) is 22.8 Å². The monoisotopic (exact) mass is 396 g/mol. The van der Waals surface area contributed by atoms with E-state index in [1.165, 1.54) is 30.5 Å². The number of hydrogen-bond acceptors (Lipinski definition) is 6. The number of aromatic nitrogens is 2. The maximum absolute atomic E-state index is 12.5. The molecule has 29 heavy (non-hydrogen) atoms. The van der Waals surface area contributed by atoms with Crippen LogP contribution < -0.4 is 10.1 Å². The van der Waals surface area contributed by atoms with Gasteiger partial charge < -0.3 is 15.2 Å². The van der Waals surface area contributed by atoms with Crippen LogP contribution in [0, 0.1) is 17.0 Å². The van der Waals surface area contributed by atoms with Crippen LogP contribution in [0.4, 0.5) is 11.4 Å². The van der Waals surface area contributed by atoms with Gasteiger partial charge in [0.25, 0.3) is 11.6 Å². The zero-order valence-corrected chi connectivity index (χ0v) is 15.2. The Morgan fingerprint density at radius 3 is 2.69 bits per heavy atom. The number of nitro groups is 1. The van der Waals surface area contributed by atoms with E-state index >= 15 is 0 Å².